The molecule has 0 bridgehead atoms. The number of carbonyl (C=O) groups is 1. The molecule has 1 amide bonds. The van der Waals surface area contributed by atoms with Crippen LogP contribution in [-0.2, 0) is 24.3 Å². The average Bonchev–Trinajstić information content (AvgIpc) is 3.63. The number of aromatic nitrogens is 3. The molecule has 3 aromatic rings. The van der Waals surface area contributed by atoms with Crippen LogP contribution in [0.5, 0.6) is 0 Å². The van der Waals surface area contributed by atoms with Crippen LogP contribution in [0.3, 0.4) is 0 Å². The fraction of sp³-hybridized carbons (Fsp3) is 0.360. The number of nitrogens with two attached hydrogens (primary N) is 1. The zero-order chi connectivity index (χ0) is 23.4. The number of nitrogens with zero attached hydrogens (tertiary/aromatic N) is 4. The summed E-state index contributed by atoms with van der Waals surface area (Å²) in [6, 6.07) is 11.8. The SMILES string of the molecule is CC(C)c1ccc(CN(c2ncnc(NCc3ccc(CC(N)=O)cc3)c2F)C2CC2)cn1. The Balaban J connectivity index is 1.47. The Hall–Kier alpha value is -3.55. The number of primary amides is 1. The summed E-state index contributed by atoms with van der Waals surface area (Å²) in [5.41, 5.74) is 9.08. The molecule has 172 valence electrons. The molecule has 1 aromatic carbocycles. The lowest BCUT2D eigenvalue weighted by molar-refractivity contribution is -0.117. The van der Waals surface area contributed by atoms with E-state index >= 15 is 4.39 Å². The van der Waals surface area contributed by atoms with Crippen molar-refractivity contribution in [1.29, 1.82) is 0 Å². The Morgan fingerprint density at radius 3 is 2.39 bits per heavy atom. The van der Waals surface area contributed by atoms with Crippen LogP contribution < -0.4 is 16.0 Å². The van der Waals surface area contributed by atoms with Gasteiger partial charge >= 0.3 is 0 Å². The Morgan fingerprint density at radius 1 is 1.09 bits per heavy atom. The van der Waals surface area contributed by atoms with Crippen LogP contribution >= 0.6 is 0 Å². The smallest absolute Gasteiger partial charge is 0.221 e. The lowest BCUT2D eigenvalue weighted by Crippen LogP contribution is -2.27. The highest BCUT2D eigenvalue weighted by atomic mass is 19.1. The lowest BCUT2D eigenvalue weighted by atomic mass is 10.1. The third-order valence-electron chi connectivity index (χ3n) is 5.68. The third kappa shape index (κ3) is 5.83. The number of pyridine rings is 1. The van der Waals surface area contributed by atoms with Gasteiger partial charge in [0.25, 0.3) is 0 Å². The lowest BCUT2D eigenvalue weighted by Gasteiger charge is -2.24. The Bertz CT molecular complexity index is 1100. The number of amides is 1. The van der Waals surface area contributed by atoms with Crippen LogP contribution in [0.15, 0.2) is 48.9 Å². The summed E-state index contributed by atoms with van der Waals surface area (Å²) in [6.45, 7) is 5.16. The van der Waals surface area contributed by atoms with Gasteiger partial charge in [0.15, 0.2) is 11.6 Å². The van der Waals surface area contributed by atoms with Gasteiger partial charge in [0.05, 0.1) is 6.42 Å². The second kappa shape index (κ2) is 9.94. The number of hydrogen-bond donors (Lipinski definition) is 2. The number of halogens is 1. The van der Waals surface area contributed by atoms with E-state index in [2.05, 4.69) is 40.2 Å². The molecule has 0 aliphatic heterocycles. The summed E-state index contributed by atoms with van der Waals surface area (Å²) in [5, 5.41) is 3.07. The average molecular weight is 449 g/mol. The predicted molar refractivity (Wildman–Crippen MR) is 126 cm³/mol. The molecule has 2 heterocycles. The Kier molecular flexibility index (Phi) is 6.82. The van der Waals surface area contributed by atoms with Gasteiger partial charge < -0.3 is 16.0 Å². The van der Waals surface area contributed by atoms with Gasteiger partial charge in [-0.3, -0.25) is 9.78 Å². The van der Waals surface area contributed by atoms with Crippen molar-refractivity contribution in [2.24, 2.45) is 5.73 Å². The molecule has 1 saturated carbocycles. The molecular formula is C25H29FN6O. The third-order valence-corrected chi connectivity index (χ3v) is 5.68. The van der Waals surface area contributed by atoms with Crippen molar-refractivity contribution in [3.05, 3.63) is 77.1 Å². The largest absolute Gasteiger partial charge is 0.369 e. The van der Waals surface area contributed by atoms with Crippen LogP contribution in [0.4, 0.5) is 16.0 Å². The molecule has 2 aromatic heterocycles. The number of hydrogen-bond acceptors (Lipinski definition) is 6. The maximum atomic E-state index is 15.4. The van der Waals surface area contributed by atoms with E-state index in [4.69, 9.17) is 5.73 Å². The molecule has 1 aliphatic carbocycles. The van der Waals surface area contributed by atoms with Gasteiger partial charge in [-0.05, 0) is 41.5 Å². The zero-order valence-corrected chi connectivity index (χ0v) is 19.0. The van der Waals surface area contributed by atoms with Crippen LogP contribution in [-0.4, -0.2) is 26.9 Å². The number of anilines is 2. The van der Waals surface area contributed by atoms with Gasteiger partial charge in [0.2, 0.25) is 11.7 Å². The van der Waals surface area contributed by atoms with Gasteiger partial charge in [-0.25, -0.2) is 9.97 Å². The number of benzene rings is 1. The summed E-state index contributed by atoms with van der Waals surface area (Å²) >= 11 is 0. The Morgan fingerprint density at radius 2 is 1.79 bits per heavy atom. The van der Waals surface area contributed by atoms with Gasteiger partial charge in [-0.15, -0.1) is 0 Å². The van der Waals surface area contributed by atoms with Crippen molar-refractivity contribution in [3.63, 3.8) is 0 Å². The van der Waals surface area contributed by atoms with Crippen LogP contribution in [0.2, 0.25) is 0 Å². The van der Waals surface area contributed by atoms with E-state index in [1.54, 1.807) is 0 Å². The van der Waals surface area contributed by atoms with E-state index in [0.29, 0.717) is 24.8 Å². The van der Waals surface area contributed by atoms with Gasteiger partial charge in [0, 0.05) is 31.0 Å². The molecule has 0 radical (unpaired) electrons. The number of carbonyl (C=O) groups excluding carboxylic acids is 1. The van der Waals surface area contributed by atoms with Crippen molar-refractivity contribution in [3.8, 4) is 0 Å². The first-order chi connectivity index (χ1) is 15.9. The fourth-order valence-corrected chi connectivity index (χ4v) is 3.68. The fourth-order valence-electron chi connectivity index (χ4n) is 3.68. The highest BCUT2D eigenvalue weighted by Crippen LogP contribution is 2.34. The monoisotopic (exact) mass is 448 g/mol. The quantitative estimate of drug-likeness (QED) is 0.488. The normalized spacial score (nSPS) is 13.2. The summed E-state index contributed by atoms with van der Waals surface area (Å²) in [5.74, 6) is 0.00982. The second-order valence-corrected chi connectivity index (χ2v) is 8.78. The molecular weight excluding hydrogens is 419 g/mol. The molecule has 3 N–H and O–H groups in total. The topological polar surface area (TPSA) is 97.0 Å². The first-order valence-corrected chi connectivity index (χ1v) is 11.2. The standard InChI is InChI=1S/C25H29FN6O/c1-16(2)21-10-7-19(13-28-21)14-32(20-8-9-20)25-23(26)24(30-15-31-25)29-12-18-5-3-17(4-6-18)11-22(27)33/h3-7,10,13,15-16,20H,8-9,11-12,14H2,1-2H3,(H2,27,33)(H,29,30,31). The summed E-state index contributed by atoms with van der Waals surface area (Å²) in [7, 11) is 0. The number of nitrogens with one attached hydrogen (secondary N) is 1. The molecule has 1 aliphatic rings. The maximum Gasteiger partial charge on any atom is 0.221 e. The minimum absolute atomic E-state index is 0.167. The molecule has 4 rings (SSSR count). The highest BCUT2D eigenvalue weighted by molar-refractivity contribution is 5.76. The van der Waals surface area contributed by atoms with Crippen LogP contribution in [0.25, 0.3) is 0 Å². The van der Waals surface area contributed by atoms with E-state index in [1.165, 1.54) is 6.33 Å². The minimum Gasteiger partial charge on any atom is -0.369 e. The molecule has 1 fully saturated rings. The van der Waals surface area contributed by atoms with Crippen molar-refractivity contribution in [1.82, 2.24) is 15.0 Å². The van der Waals surface area contributed by atoms with Crippen LogP contribution in [0.1, 0.15) is 55.0 Å². The molecule has 8 heteroatoms. The number of rotatable bonds is 10. The molecule has 0 atom stereocenters. The molecule has 33 heavy (non-hydrogen) atoms. The zero-order valence-electron chi connectivity index (χ0n) is 19.0. The molecule has 0 unspecified atom stereocenters. The predicted octanol–water partition coefficient (Wildman–Crippen LogP) is 3.94. The van der Waals surface area contributed by atoms with Crippen molar-refractivity contribution in [2.45, 2.75) is 58.2 Å². The van der Waals surface area contributed by atoms with Crippen molar-refractivity contribution < 1.29 is 9.18 Å². The van der Waals surface area contributed by atoms with Gasteiger partial charge in [-0.1, -0.05) is 44.2 Å². The van der Waals surface area contributed by atoms with E-state index < -0.39 is 5.82 Å². The maximum absolute atomic E-state index is 15.4. The van der Waals surface area contributed by atoms with E-state index in [9.17, 15) is 4.79 Å². The summed E-state index contributed by atoms with van der Waals surface area (Å²) in [6.07, 6.45) is 5.49. The van der Waals surface area contributed by atoms with Gasteiger partial charge in [0.1, 0.15) is 6.33 Å². The summed E-state index contributed by atoms with van der Waals surface area (Å²) in [4.78, 5) is 26.0. The van der Waals surface area contributed by atoms with Crippen molar-refractivity contribution in [2.75, 3.05) is 10.2 Å². The van der Waals surface area contributed by atoms with Crippen molar-refractivity contribution >= 4 is 17.5 Å². The first kappa shape index (κ1) is 22.6. The van der Waals surface area contributed by atoms with E-state index in [-0.39, 0.29) is 24.2 Å². The van der Waals surface area contributed by atoms with E-state index in [1.807, 2.05) is 41.4 Å². The Labute approximate surface area is 193 Å². The van der Waals surface area contributed by atoms with Crippen LogP contribution in [0, 0.1) is 5.82 Å². The molecule has 0 spiro atoms. The molecule has 0 saturated heterocycles. The first-order valence-electron chi connectivity index (χ1n) is 11.2. The van der Waals surface area contributed by atoms with E-state index in [0.717, 1.165) is 35.2 Å². The summed E-state index contributed by atoms with van der Waals surface area (Å²) < 4.78 is 15.4. The highest BCUT2D eigenvalue weighted by Gasteiger charge is 2.32. The minimum atomic E-state index is -0.457. The molecule has 7 nitrogen and oxygen atoms in total. The second-order valence-electron chi connectivity index (χ2n) is 8.78. The van der Waals surface area contributed by atoms with Gasteiger partial charge in [-0.2, -0.15) is 4.39 Å².